The number of carbonyl (C=O) groups excluding carboxylic acids is 1. The Bertz CT molecular complexity index is 1770. The number of Topliss-reactive ketones (excluding diaryl/α,β-unsaturated/α-hetero) is 1. The summed E-state index contributed by atoms with van der Waals surface area (Å²) in [5.41, 5.74) is 7.74. The standard InChI is InChI=1S/C34H27N3O/c38-34(33-18-20-36-37(33)25-10-3-1-4-11-25)24-21-30-28-15-14-23-9-6-7-12-26(23)27(28)16-17-29(30)31(22-24)32-13-5-2-8-19-35-32/h1-13,15-21,24,31,35H,14,22H2. The van der Waals surface area contributed by atoms with Crippen molar-refractivity contribution in [3.05, 3.63) is 142 Å². The molecule has 0 spiro atoms. The maximum absolute atomic E-state index is 14.2. The van der Waals surface area contributed by atoms with Crippen LogP contribution in [0.4, 0.5) is 0 Å². The van der Waals surface area contributed by atoms with E-state index in [9.17, 15) is 4.79 Å². The molecule has 0 saturated carbocycles. The van der Waals surface area contributed by atoms with Gasteiger partial charge in [-0.1, -0.05) is 78.9 Å². The Morgan fingerprint density at radius 1 is 0.868 bits per heavy atom. The largest absolute Gasteiger partial charge is 0.364 e. The van der Waals surface area contributed by atoms with Gasteiger partial charge in [0.05, 0.1) is 11.9 Å². The molecule has 184 valence electrons. The maximum Gasteiger partial charge on any atom is 0.188 e. The molecular weight excluding hydrogens is 466 g/mol. The monoisotopic (exact) mass is 493 g/mol. The van der Waals surface area contributed by atoms with E-state index in [1.807, 2.05) is 54.8 Å². The fraction of sp³-hybridized carbons (Fsp3) is 0.118. The third-order valence-corrected chi connectivity index (χ3v) is 7.84. The molecule has 2 atom stereocenters. The minimum Gasteiger partial charge on any atom is -0.364 e. The summed E-state index contributed by atoms with van der Waals surface area (Å²) in [6.07, 6.45) is 18.0. The average molecular weight is 494 g/mol. The predicted octanol–water partition coefficient (Wildman–Crippen LogP) is 5.20. The number of carbonyl (C=O) groups is 1. The minimum atomic E-state index is -0.275. The summed E-state index contributed by atoms with van der Waals surface area (Å²) in [5.74, 6) is -0.112. The van der Waals surface area contributed by atoms with Gasteiger partial charge in [0.25, 0.3) is 0 Å². The summed E-state index contributed by atoms with van der Waals surface area (Å²) in [6.45, 7) is 0. The van der Waals surface area contributed by atoms with Gasteiger partial charge in [-0.2, -0.15) is 5.10 Å². The van der Waals surface area contributed by atoms with Crippen LogP contribution in [0, 0.1) is 5.92 Å². The van der Waals surface area contributed by atoms with E-state index in [1.54, 1.807) is 10.9 Å². The van der Waals surface area contributed by atoms with Crippen molar-refractivity contribution in [2.24, 2.45) is 5.92 Å². The van der Waals surface area contributed by atoms with E-state index in [2.05, 4.69) is 71.1 Å². The van der Waals surface area contributed by atoms with Gasteiger partial charge in [0, 0.05) is 23.7 Å². The number of hydrogen-bond donors (Lipinski definition) is 1. The van der Waals surface area contributed by atoms with Crippen molar-refractivity contribution < 1.29 is 4.79 Å². The van der Waals surface area contributed by atoms with Gasteiger partial charge in [0.15, 0.2) is 5.78 Å². The zero-order valence-corrected chi connectivity index (χ0v) is 20.9. The lowest BCUT2D eigenvalue weighted by molar-refractivity contribution is 0.0936. The number of ketones is 1. The van der Waals surface area contributed by atoms with E-state index >= 15 is 0 Å². The molecule has 38 heavy (non-hydrogen) atoms. The number of fused-ring (bicyclic) bond motifs is 5. The number of benzene rings is 3. The Hall–Kier alpha value is -4.70. The topological polar surface area (TPSA) is 46.9 Å². The third kappa shape index (κ3) is 3.77. The van der Waals surface area contributed by atoms with Gasteiger partial charge in [-0.3, -0.25) is 4.79 Å². The molecule has 4 aromatic rings. The molecule has 1 aliphatic heterocycles. The lowest BCUT2D eigenvalue weighted by Gasteiger charge is -2.30. The van der Waals surface area contributed by atoms with Crippen LogP contribution in [0.5, 0.6) is 0 Å². The van der Waals surface area contributed by atoms with Gasteiger partial charge in [-0.15, -0.1) is 0 Å². The molecule has 2 unspecified atom stereocenters. The van der Waals surface area contributed by atoms with Gasteiger partial charge in [0.1, 0.15) is 5.69 Å². The number of para-hydroxylation sites is 1. The molecule has 3 aromatic carbocycles. The SMILES string of the molecule is O=C(c1ccnn1-c1ccccc1)C1C=c2c(ccc3c2=CCc2ccccc2-3)C(C2=CC=CC=CN2)C1. The lowest BCUT2D eigenvalue weighted by Crippen LogP contribution is -2.40. The zero-order chi connectivity index (χ0) is 25.5. The number of hydrogen-bond acceptors (Lipinski definition) is 3. The molecule has 2 aliphatic carbocycles. The number of nitrogens with one attached hydrogen (secondary N) is 1. The van der Waals surface area contributed by atoms with Crippen molar-refractivity contribution in [2.75, 3.05) is 0 Å². The Balaban J connectivity index is 1.40. The van der Waals surface area contributed by atoms with Gasteiger partial charge in [-0.25, -0.2) is 4.68 Å². The highest BCUT2D eigenvalue weighted by Gasteiger charge is 2.32. The van der Waals surface area contributed by atoms with Crippen LogP contribution in [0.3, 0.4) is 0 Å². The van der Waals surface area contributed by atoms with Crippen LogP contribution in [0.1, 0.15) is 34.0 Å². The Morgan fingerprint density at radius 3 is 2.66 bits per heavy atom. The molecule has 1 N–H and O–H groups in total. The van der Waals surface area contributed by atoms with Crippen LogP contribution in [-0.2, 0) is 6.42 Å². The maximum atomic E-state index is 14.2. The molecule has 0 bridgehead atoms. The molecule has 4 heteroatoms. The van der Waals surface area contributed by atoms with Gasteiger partial charge in [-0.05, 0) is 75.9 Å². The summed E-state index contributed by atoms with van der Waals surface area (Å²) >= 11 is 0. The summed E-state index contributed by atoms with van der Waals surface area (Å²) < 4.78 is 1.76. The van der Waals surface area contributed by atoms with E-state index in [0.717, 1.165) is 17.8 Å². The van der Waals surface area contributed by atoms with Crippen LogP contribution >= 0.6 is 0 Å². The summed E-state index contributed by atoms with van der Waals surface area (Å²) in [6, 6.07) is 24.9. The van der Waals surface area contributed by atoms with Crippen LogP contribution < -0.4 is 15.8 Å². The highest BCUT2D eigenvalue weighted by atomic mass is 16.1. The van der Waals surface area contributed by atoms with Gasteiger partial charge < -0.3 is 5.32 Å². The Morgan fingerprint density at radius 2 is 1.74 bits per heavy atom. The number of allylic oxidation sites excluding steroid dienone is 5. The first kappa shape index (κ1) is 22.5. The number of aromatic nitrogens is 2. The molecule has 0 amide bonds. The summed E-state index contributed by atoms with van der Waals surface area (Å²) in [7, 11) is 0. The van der Waals surface area contributed by atoms with E-state index in [-0.39, 0.29) is 17.6 Å². The fourth-order valence-electron chi connectivity index (χ4n) is 6.04. The van der Waals surface area contributed by atoms with Crippen molar-refractivity contribution >= 4 is 17.9 Å². The lowest BCUT2D eigenvalue weighted by atomic mass is 9.76. The fourth-order valence-corrected chi connectivity index (χ4v) is 6.04. The van der Waals surface area contributed by atoms with Crippen molar-refractivity contribution in [1.82, 2.24) is 15.1 Å². The molecule has 2 heterocycles. The molecule has 3 aliphatic rings. The first-order chi connectivity index (χ1) is 18.8. The smallest absolute Gasteiger partial charge is 0.188 e. The molecule has 1 aromatic heterocycles. The minimum absolute atomic E-state index is 0.0697. The van der Waals surface area contributed by atoms with Crippen molar-refractivity contribution in [3.63, 3.8) is 0 Å². The normalized spacial score (nSPS) is 19.0. The van der Waals surface area contributed by atoms with E-state index in [0.29, 0.717) is 12.1 Å². The second-order valence-electron chi connectivity index (χ2n) is 9.99. The Labute approximate surface area is 221 Å². The highest BCUT2D eigenvalue weighted by Crippen LogP contribution is 2.35. The van der Waals surface area contributed by atoms with Crippen LogP contribution in [0.25, 0.3) is 29.0 Å². The second-order valence-corrected chi connectivity index (χ2v) is 9.99. The molecular formula is C34H27N3O. The van der Waals surface area contributed by atoms with Gasteiger partial charge >= 0.3 is 0 Å². The number of rotatable bonds is 4. The first-order valence-electron chi connectivity index (χ1n) is 13.1. The molecule has 7 rings (SSSR count). The predicted molar refractivity (Wildman–Crippen MR) is 152 cm³/mol. The number of nitrogens with zero attached hydrogens (tertiary/aromatic N) is 2. The molecule has 0 radical (unpaired) electrons. The Kier molecular flexibility index (Phi) is 5.51. The molecule has 4 nitrogen and oxygen atoms in total. The summed E-state index contributed by atoms with van der Waals surface area (Å²) in [4.78, 5) is 14.2. The van der Waals surface area contributed by atoms with E-state index in [4.69, 9.17) is 0 Å². The van der Waals surface area contributed by atoms with Crippen LogP contribution in [-0.4, -0.2) is 15.6 Å². The van der Waals surface area contributed by atoms with Gasteiger partial charge in [0.2, 0.25) is 0 Å². The molecule has 0 fully saturated rings. The van der Waals surface area contributed by atoms with E-state index < -0.39 is 0 Å². The zero-order valence-electron chi connectivity index (χ0n) is 20.9. The first-order valence-corrected chi connectivity index (χ1v) is 13.1. The van der Waals surface area contributed by atoms with Crippen LogP contribution in [0.15, 0.2) is 115 Å². The second kappa shape index (κ2) is 9.31. The van der Waals surface area contributed by atoms with Crippen LogP contribution in [0.2, 0.25) is 0 Å². The van der Waals surface area contributed by atoms with E-state index in [1.165, 1.54) is 32.7 Å². The van der Waals surface area contributed by atoms with Crippen molar-refractivity contribution in [2.45, 2.75) is 18.8 Å². The van der Waals surface area contributed by atoms with Crippen molar-refractivity contribution in [3.8, 4) is 16.8 Å². The third-order valence-electron chi connectivity index (χ3n) is 7.84. The average Bonchev–Trinajstić information content (AvgIpc) is 3.31. The summed E-state index contributed by atoms with van der Waals surface area (Å²) in [5, 5.41) is 10.4. The molecule has 0 saturated heterocycles. The quantitative estimate of drug-likeness (QED) is 0.398. The highest BCUT2D eigenvalue weighted by molar-refractivity contribution is 6.00. The van der Waals surface area contributed by atoms with Crippen molar-refractivity contribution in [1.29, 1.82) is 0 Å².